The second-order valence-corrected chi connectivity index (χ2v) is 7.72. The molecule has 1 aliphatic heterocycles. The van der Waals surface area contributed by atoms with Gasteiger partial charge in [0.15, 0.2) is 0 Å². The van der Waals surface area contributed by atoms with Gasteiger partial charge in [0.2, 0.25) is 0 Å². The minimum Gasteiger partial charge on any atom is -0.466 e. The smallest absolute Gasteiger partial charge is 0.305 e. The van der Waals surface area contributed by atoms with E-state index >= 15 is 0 Å². The highest BCUT2D eigenvalue weighted by atomic mass is 79.9. The Bertz CT molecular complexity index is 1080. The minimum absolute atomic E-state index is 0.221. The minimum atomic E-state index is -0.281. The first kappa shape index (κ1) is 19.5. The third-order valence-electron chi connectivity index (χ3n) is 4.84. The number of nitrogens with zero attached hydrogens (tertiary/aromatic N) is 4. The quantitative estimate of drug-likeness (QED) is 0.531. The molecule has 0 aliphatic carbocycles. The number of aromatic nitrogens is 3. The Morgan fingerprint density at radius 2 is 2.10 bits per heavy atom. The van der Waals surface area contributed by atoms with E-state index in [-0.39, 0.29) is 18.4 Å². The largest absolute Gasteiger partial charge is 0.466 e. The highest BCUT2D eigenvalue weighted by Gasteiger charge is 2.28. The number of aliphatic imine (C=N–C) groups is 1. The molecule has 0 bridgehead atoms. The molecule has 0 unspecified atom stereocenters. The zero-order chi connectivity index (χ0) is 20.4. The van der Waals surface area contributed by atoms with Crippen molar-refractivity contribution in [3.63, 3.8) is 0 Å². The number of esters is 1. The molecule has 0 saturated carbocycles. The number of fused-ring (bicyclic) bond motifs is 3. The molecule has 0 saturated heterocycles. The molecule has 3 aromatic rings. The molecule has 1 atom stereocenters. The predicted molar refractivity (Wildman–Crippen MR) is 114 cm³/mol. The summed E-state index contributed by atoms with van der Waals surface area (Å²) in [5.74, 6) is 0.600. The number of pyridine rings is 1. The topological polar surface area (TPSA) is 69.4 Å². The van der Waals surface area contributed by atoms with Crippen molar-refractivity contribution < 1.29 is 9.53 Å². The van der Waals surface area contributed by atoms with Gasteiger partial charge in [-0.3, -0.25) is 19.3 Å². The summed E-state index contributed by atoms with van der Waals surface area (Å²) in [6.45, 7) is 4.21. The van der Waals surface area contributed by atoms with Crippen LogP contribution in [0.25, 0.3) is 5.69 Å². The van der Waals surface area contributed by atoms with Crippen molar-refractivity contribution in [3.05, 3.63) is 76.0 Å². The second kappa shape index (κ2) is 8.29. The fraction of sp³-hybridized carbons (Fsp3) is 0.273. The Morgan fingerprint density at radius 3 is 2.86 bits per heavy atom. The third kappa shape index (κ3) is 3.87. The van der Waals surface area contributed by atoms with Crippen molar-refractivity contribution in [2.24, 2.45) is 4.99 Å². The van der Waals surface area contributed by atoms with Crippen LogP contribution >= 0.6 is 15.9 Å². The molecule has 0 N–H and O–H groups in total. The zero-order valence-electron chi connectivity index (χ0n) is 16.3. The van der Waals surface area contributed by atoms with E-state index in [0.717, 1.165) is 38.6 Å². The summed E-state index contributed by atoms with van der Waals surface area (Å²) in [6.07, 6.45) is 4.40. The van der Waals surface area contributed by atoms with Crippen LogP contribution in [0.4, 0.5) is 0 Å². The van der Waals surface area contributed by atoms with E-state index in [9.17, 15) is 4.79 Å². The van der Waals surface area contributed by atoms with Crippen molar-refractivity contribution in [1.29, 1.82) is 0 Å². The number of carbonyl (C=O) groups is 1. The molecule has 6 nitrogen and oxygen atoms in total. The van der Waals surface area contributed by atoms with Gasteiger partial charge in [0, 0.05) is 34.5 Å². The lowest BCUT2D eigenvalue weighted by atomic mass is 10.0. The lowest BCUT2D eigenvalue weighted by molar-refractivity contribution is -0.143. The number of aryl methyl sites for hydroxylation is 1. The van der Waals surface area contributed by atoms with Crippen LogP contribution in [0.1, 0.15) is 48.6 Å². The van der Waals surface area contributed by atoms with Crippen LogP contribution in [0, 0.1) is 6.92 Å². The van der Waals surface area contributed by atoms with Crippen molar-refractivity contribution in [3.8, 4) is 5.69 Å². The van der Waals surface area contributed by atoms with E-state index < -0.39 is 0 Å². The SMILES string of the molecule is CCOC(=O)CC[C@@H]1N=C(c2ccccn2)c2cc(Br)ccc2-n2c(C)cnc21. The molecule has 2 aromatic heterocycles. The van der Waals surface area contributed by atoms with Crippen LogP contribution in [-0.4, -0.2) is 32.8 Å². The number of carbonyl (C=O) groups excluding carboxylic acids is 1. The van der Waals surface area contributed by atoms with Crippen molar-refractivity contribution in [1.82, 2.24) is 14.5 Å². The fourth-order valence-electron chi connectivity index (χ4n) is 3.57. The summed E-state index contributed by atoms with van der Waals surface area (Å²) < 4.78 is 8.20. The maximum atomic E-state index is 12.0. The normalized spacial score (nSPS) is 15.1. The average Bonchev–Trinajstić information content (AvgIpc) is 3.03. The summed E-state index contributed by atoms with van der Waals surface area (Å²) >= 11 is 3.59. The van der Waals surface area contributed by atoms with Crippen LogP contribution in [0.3, 0.4) is 0 Å². The zero-order valence-corrected chi connectivity index (χ0v) is 17.9. The fourth-order valence-corrected chi connectivity index (χ4v) is 3.93. The van der Waals surface area contributed by atoms with Gasteiger partial charge in [-0.05, 0) is 50.6 Å². The molecule has 0 fully saturated rings. The van der Waals surface area contributed by atoms with Crippen molar-refractivity contribution in [2.45, 2.75) is 32.7 Å². The van der Waals surface area contributed by atoms with Gasteiger partial charge < -0.3 is 4.74 Å². The van der Waals surface area contributed by atoms with E-state index in [1.807, 2.05) is 44.3 Å². The molecule has 0 amide bonds. The number of hydrogen-bond donors (Lipinski definition) is 0. The third-order valence-corrected chi connectivity index (χ3v) is 5.33. The lowest BCUT2D eigenvalue weighted by Crippen LogP contribution is -2.10. The molecule has 1 aromatic carbocycles. The van der Waals surface area contributed by atoms with Crippen molar-refractivity contribution in [2.75, 3.05) is 6.61 Å². The van der Waals surface area contributed by atoms with E-state index in [4.69, 9.17) is 9.73 Å². The Balaban J connectivity index is 1.87. The van der Waals surface area contributed by atoms with Crippen LogP contribution < -0.4 is 0 Å². The standard InChI is InChI=1S/C22H21BrN4O2/c1-3-29-20(28)10-8-18-22-25-13-14(2)27(22)19-9-7-15(23)12-16(19)21(26-18)17-6-4-5-11-24-17/h4-7,9,11-13,18H,3,8,10H2,1-2H3/t18-/m0/s1. The van der Waals surface area contributed by atoms with Gasteiger partial charge in [-0.25, -0.2) is 4.98 Å². The summed E-state index contributed by atoms with van der Waals surface area (Å²) in [5.41, 5.74) is 4.57. The molecular formula is C22H21BrN4O2. The van der Waals surface area contributed by atoms with E-state index in [1.165, 1.54) is 0 Å². The summed E-state index contributed by atoms with van der Waals surface area (Å²) in [6, 6.07) is 11.6. The Morgan fingerprint density at radius 1 is 1.24 bits per heavy atom. The van der Waals surface area contributed by atoms with Gasteiger partial charge in [-0.15, -0.1) is 0 Å². The average molecular weight is 453 g/mol. The molecule has 1 aliphatic rings. The molecule has 0 radical (unpaired) electrons. The molecule has 4 rings (SSSR count). The molecular weight excluding hydrogens is 432 g/mol. The Kier molecular flexibility index (Phi) is 5.58. The first-order valence-electron chi connectivity index (χ1n) is 9.58. The monoisotopic (exact) mass is 452 g/mol. The van der Waals surface area contributed by atoms with E-state index in [1.54, 1.807) is 6.20 Å². The number of imidazole rings is 1. The molecule has 148 valence electrons. The highest BCUT2D eigenvalue weighted by molar-refractivity contribution is 9.10. The van der Waals surface area contributed by atoms with Crippen molar-refractivity contribution >= 4 is 27.6 Å². The molecule has 7 heteroatoms. The number of hydrogen-bond acceptors (Lipinski definition) is 5. The van der Waals surface area contributed by atoms with E-state index in [2.05, 4.69) is 42.6 Å². The number of rotatable bonds is 5. The van der Waals surface area contributed by atoms with Gasteiger partial charge in [0.1, 0.15) is 11.9 Å². The highest BCUT2D eigenvalue weighted by Crippen LogP contribution is 2.34. The first-order valence-corrected chi connectivity index (χ1v) is 10.4. The van der Waals surface area contributed by atoms with E-state index in [0.29, 0.717) is 13.0 Å². The summed E-state index contributed by atoms with van der Waals surface area (Å²) in [5, 5.41) is 0. The van der Waals surface area contributed by atoms with Crippen LogP contribution in [0.2, 0.25) is 0 Å². The Hall–Kier alpha value is -2.80. The second-order valence-electron chi connectivity index (χ2n) is 6.81. The number of halogens is 1. The number of benzene rings is 1. The number of ether oxygens (including phenoxy) is 1. The van der Waals surface area contributed by atoms with Gasteiger partial charge in [0.25, 0.3) is 0 Å². The lowest BCUT2D eigenvalue weighted by Gasteiger charge is -2.14. The molecule has 29 heavy (non-hydrogen) atoms. The predicted octanol–water partition coefficient (Wildman–Crippen LogP) is 4.57. The van der Waals surface area contributed by atoms with Gasteiger partial charge in [-0.2, -0.15) is 0 Å². The van der Waals surface area contributed by atoms with Crippen LogP contribution in [0.15, 0.2) is 58.3 Å². The van der Waals surface area contributed by atoms with Gasteiger partial charge >= 0.3 is 5.97 Å². The summed E-state index contributed by atoms with van der Waals surface area (Å²) in [7, 11) is 0. The maximum absolute atomic E-state index is 12.0. The first-order chi connectivity index (χ1) is 14.1. The molecule has 3 heterocycles. The van der Waals surface area contributed by atoms with Gasteiger partial charge in [-0.1, -0.05) is 22.0 Å². The van der Waals surface area contributed by atoms with Crippen LogP contribution in [-0.2, 0) is 9.53 Å². The van der Waals surface area contributed by atoms with Gasteiger partial charge in [0.05, 0.1) is 23.7 Å². The Labute approximate surface area is 177 Å². The summed E-state index contributed by atoms with van der Waals surface area (Å²) in [4.78, 5) is 26.2. The molecule has 0 spiro atoms. The van der Waals surface area contributed by atoms with Crippen LogP contribution in [0.5, 0.6) is 0 Å². The maximum Gasteiger partial charge on any atom is 0.305 e.